The van der Waals surface area contributed by atoms with Crippen molar-refractivity contribution in [1.29, 1.82) is 0 Å². The second kappa shape index (κ2) is 6.49. The van der Waals surface area contributed by atoms with Gasteiger partial charge in [-0.3, -0.25) is 4.98 Å². The van der Waals surface area contributed by atoms with Crippen LogP contribution in [0, 0.1) is 0 Å². The highest BCUT2D eigenvalue weighted by molar-refractivity contribution is 7.98. The number of nitrogens with two attached hydrogens (primary N) is 1. The maximum Gasteiger partial charge on any atom is 0.410 e. The number of ether oxygens (including phenoxy) is 1. The minimum Gasteiger partial charge on any atom is -0.408 e. The van der Waals surface area contributed by atoms with Gasteiger partial charge in [0.2, 0.25) is 0 Å². The second-order valence-corrected chi connectivity index (χ2v) is 5.69. The first-order chi connectivity index (χ1) is 10.7. The van der Waals surface area contributed by atoms with E-state index in [2.05, 4.69) is 17.1 Å². The molecule has 3 rings (SSSR count). The van der Waals surface area contributed by atoms with Crippen molar-refractivity contribution in [2.75, 3.05) is 0 Å². The summed E-state index contributed by atoms with van der Waals surface area (Å²) < 4.78 is 5.01. The number of pyridine rings is 1. The number of carbonyl (C=O) groups is 1. The van der Waals surface area contributed by atoms with Crippen LogP contribution < -0.4 is 10.5 Å². The number of hydrogen-bond donors (Lipinski definition) is 1. The Labute approximate surface area is 132 Å². The molecule has 0 unspecified atom stereocenters. The first kappa shape index (κ1) is 14.4. The highest BCUT2D eigenvalue weighted by Gasteiger charge is 2.10. The van der Waals surface area contributed by atoms with Crippen LogP contribution in [0.15, 0.2) is 65.7 Å². The van der Waals surface area contributed by atoms with Crippen molar-refractivity contribution in [3.63, 3.8) is 0 Å². The summed E-state index contributed by atoms with van der Waals surface area (Å²) in [6, 6.07) is 17.7. The Balaban J connectivity index is 1.92. The lowest BCUT2D eigenvalue weighted by Gasteiger charge is -2.09. The van der Waals surface area contributed by atoms with Crippen molar-refractivity contribution >= 4 is 28.8 Å². The molecule has 2 aromatic carbocycles. The summed E-state index contributed by atoms with van der Waals surface area (Å²) >= 11 is 1.75. The monoisotopic (exact) mass is 310 g/mol. The van der Waals surface area contributed by atoms with Gasteiger partial charge in [0.05, 0.1) is 0 Å². The van der Waals surface area contributed by atoms with Crippen LogP contribution in [-0.2, 0) is 5.75 Å². The Hall–Kier alpha value is -2.53. The molecular formula is C17H14N2O2S. The van der Waals surface area contributed by atoms with E-state index in [0.29, 0.717) is 11.3 Å². The van der Waals surface area contributed by atoms with Crippen LogP contribution in [0.2, 0.25) is 0 Å². The van der Waals surface area contributed by atoms with Crippen molar-refractivity contribution in [1.82, 2.24) is 4.98 Å². The molecule has 4 nitrogen and oxygen atoms in total. The fourth-order valence-electron chi connectivity index (χ4n) is 2.20. The molecule has 0 fully saturated rings. The van der Waals surface area contributed by atoms with Gasteiger partial charge in [-0.1, -0.05) is 30.3 Å². The summed E-state index contributed by atoms with van der Waals surface area (Å²) in [6.07, 6.45) is 0.836. The maximum absolute atomic E-state index is 11.0. The van der Waals surface area contributed by atoms with E-state index in [1.54, 1.807) is 24.0 Å². The standard InChI is InChI=1S/C17H14N2O2S/c18-17(20)21-15-9-8-12(14-7-4-10-19-16(14)15)11-22-13-5-2-1-3-6-13/h1-10H,11H2,(H2,18,20). The van der Waals surface area contributed by atoms with Crippen LogP contribution in [0.25, 0.3) is 10.9 Å². The Bertz CT molecular complexity index is 806. The molecule has 0 saturated carbocycles. The Kier molecular flexibility index (Phi) is 4.25. The van der Waals surface area contributed by atoms with Crippen LogP contribution in [0.5, 0.6) is 5.75 Å². The summed E-state index contributed by atoms with van der Waals surface area (Å²) in [5.74, 6) is 1.19. The van der Waals surface area contributed by atoms with Gasteiger partial charge in [0.25, 0.3) is 0 Å². The molecule has 5 heteroatoms. The van der Waals surface area contributed by atoms with Gasteiger partial charge in [-0.2, -0.15) is 0 Å². The fourth-order valence-corrected chi connectivity index (χ4v) is 3.12. The molecule has 0 aliphatic carbocycles. The van der Waals surface area contributed by atoms with Gasteiger partial charge in [-0.25, -0.2) is 4.79 Å². The first-order valence-corrected chi connectivity index (χ1v) is 7.74. The molecule has 0 aliphatic rings. The number of thioether (sulfide) groups is 1. The Morgan fingerprint density at radius 1 is 1.09 bits per heavy atom. The minimum atomic E-state index is -0.835. The first-order valence-electron chi connectivity index (χ1n) is 6.76. The highest BCUT2D eigenvalue weighted by Crippen LogP contribution is 2.31. The third-order valence-corrected chi connectivity index (χ3v) is 4.23. The third-order valence-electron chi connectivity index (χ3n) is 3.17. The molecule has 22 heavy (non-hydrogen) atoms. The van der Waals surface area contributed by atoms with E-state index in [0.717, 1.165) is 16.7 Å². The number of amides is 1. The lowest BCUT2D eigenvalue weighted by atomic mass is 10.1. The predicted octanol–water partition coefficient (Wildman–Crippen LogP) is 3.98. The number of fused-ring (bicyclic) bond motifs is 1. The van der Waals surface area contributed by atoms with Crippen LogP contribution in [0.3, 0.4) is 0 Å². The van der Waals surface area contributed by atoms with Crippen molar-refractivity contribution in [3.05, 3.63) is 66.4 Å². The van der Waals surface area contributed by atoms with Gasteiger partial charge >= 0.3 is 6.09 Å². The van der Waals surface area contributed by atoms with Crippen LogP contribution in [0.4, 0.5) is 4.79 Å². The topological polar surface area (TPSA) is 65.2 Å². The molecule has 2 N–H and O–H groups in total. The third kappa shape index (κ3) is 3.20. The van der Waals surface area contributed by atoms with Crippen LogP contribution in [-0.4, -0.2) is 11.1 Å². The number of rotatable bonds is 4. The van der Waals surface area contributed by atoms with Crippen molar-refractivity contribution in [2.45, 2.75) is 10.6 Å². The lowest BCUT2D eigenvalue weighted by Crippen LogP contribution is -2.16. The Morgan fingerprint density at radius 2 is 1.91 bits per heavy atom. The summed E-state index contributed by atoms with van der Waals surface area (Å²) in [5, 5.41) is 0.963. The number of primary amides is 1. The Morgan fingerprint density at radius 3 is 2.68 bits per heavy atom. The molecule has 0 bridgehead atoms. The zero-order valence-electron chi connectivity index (χ0n) is 11.7. The maximum atomic E-state index is 11.0. The second-order valence-electron chi connectivity index (χ2n) is 4.65. The van der Waals surface area contributed by atoms with Crippen molar-refractivity contribution < 1.29 is 9.53 Å². The van der Waals surface area contributed by atoms with Crippen LogP contribution in [0.1, 0.15) is 5.56 Å². The number of carbonyl (C=O) groups excluding carboxylic acids is 1. The van der Waals surface area contributed by atoms with Gasteiger partial charge in [0, 0.05) is 22.2 Å². The fraction of sp³-hybridized carbons (Fsp3) is 0.0588. The zero-order chi connectivity index (χ0) is 15.4. The normalized spacial score (nSPS) is 10.5. The quantitative estimate of drug-likeness (QED) is 0.740. The molecule has 0 atom stereocenters. The number of benzene rings is 2. The molecule has 1 aromatic heterocycles. The number of nitrogens with zero attached hydrogens (tertiary/aromatic N) is 1. The zero-order valence-corrected chi connectivity index (χ0v) is 12.5. The molecular weight excluding hydrogens is 296 g/mol. The van der Waals surface area contributed by atoms with E-state index in [1.807, 2.05) is 36.4 Å². The van der Waals surface area contributed by atoms with Crippen LogP contribution >= 0.6 is 11.8 Å². The minimum absolute atomic E-state index is 0.386. The molecule has 0 saturated heterocycles. The van der Waals surface area contributed by atoms with E-state index in [-0.39, 0.29) is 0 Å². The molecule has 1 amide bonds. The summed E-state index contributed by atoms with van der Waals surface area (Å²) in [6.45, 7) is 0. The van der Waals surface area contributed by atoms with Gasteiger partial charge in [-0.15, -0.1) is 11.8 Å². The van der Waals surface area contributed by atoms with E-state index < -0.39 is 6.09 Å². The smallest absolute Gasteiger partial charge is 0.408 e. The average Bonchev–Trinajstić information content (AvgIpc) is 2.55. The highest BCUT2D eigenvalue weighted by atomic mass is 32.2. The van der Waals surface area contributed by atoms with E-state index in [1.165, 1.54) is 4.90 Å². The van der Waals surface area contributed by atoms with E-state index in [9.17, 15) is 4.79 Å². The summed E-state index contributed by atoms with van der Waals surface area (Å²) in [5.41, 5.74) is 6.87. The van der Waals surface area contributed by atoms with Crippen molar-refractivity contribution in [2.24, 2.45) is 5.73 Å². The van der Waals surface area contributed by atoms with E-state index >= 15 is 0 Å². The predicted molar refractivity (Wildman–Crippen MR) is 88.0 cm³/mol. The van der Waals surface area contributed by atoms with Gasteiger partial charge < -0.3 is 10.5 Å². The molecule has 0 spiro atoms. The lowest BCUT2D eigenvalue weighted by molar-refractivity contribution is 0.211. The van der Waals surface area contributed by atoms with Gasteiger partial charge in [0.15, 0.2) is 5.75 Å². The van der Waals surface area contributed by atoms with Gasteiger partial charge in [0.1, 0.15) is 5.52 Å². The molecule has 1 heterocycles. The van der Waals surface area contributed by atoms with Gasteiger partial charge in [-0.05, 0) is 29.8 Å². The summed E-state index contributed by atoms with van der Waals surface area (Å²) in [4.78, 5) is 16.5. The molecule has 3 aromatic rings. The van der Waals surface area contributed by atoms with E-state index in [4.69, 9.17) is 10.5 Å². The average molecular weight is 310 g/mol. The number of hydrogen-bond acceptors (Lipinski definition) is 4. The SMILES string of the molecule is NC(=O)Oc1ccc(CSc2ccccc2)c2cccnc12. The summed E-state index contributed by atoms with van der Waals surface area (Å²) in [7, 11) is 0. The molecule has 110 valence electrons. The molecule has 0 radical (unpaired) electrons. The van der Waals surface area contributed by atoms with Crippen molar-refractivity contribution in [3.8, 4) is 5.75 Å². The number of aromatic nitrogens is 1. The largest absolute Gasteiger partial charge is 0.410 e. The molecule has 0 aliphatic heterocycles.